The number of anilines is 1. The molecule has 1 aliphatic carbocycles. The van der Waals surface area contributed by atoms with Crippen LogP contribution in [0.25, 0.3) is 0 Å². The highest BCUT2D eigenvalue weighted by atomic mass is 19.4. The zero-order chi connectivity index (χ0) is 23.3. The van der Waals surface area contributed by atoms with Crippen molar-refractivity contribution in [2.24, 2.45) is 11.0 Å². The number of rotatable bonds is 7. The van der Waals surface area contributed by atoms with Crippen LogP contribution in [0.15, 0.2) is 35.6 Å². The number of aromatic nitrogens is 2. The van der Waals surface area contributed by atoms with E-state index in [4.69, 9.17) is 10.1 Å². The molecule has 2 aromatic rings. The number of carbonyl (C=O) groups is 1. The van der Waals surface area contributed by atoms with Gasteiger partial charge >= 0.3 is 6.18 Å². The van der Waals surface area contributed by atoms with Crippen molar-refractivity contribution in [2.45, 2.75) is 45.0 Å². The molecule has 170 valence electrons. The molecule has 3 atom stereocenters. The largest absolute Gasteiger partial charge is 0.472 e. The summed E-state index contributed by atoms with van der Waals surface area (Å²) in [5.41, 5.74) is 2.98. The molecular formula is C21H23F3N6O2. The molecular weight excluding hydrogens is 425 g/mol. The van der Waals surface area contributed by atoms with Crippen LogP contribution in [0, 0.1) is 18.3 Å². The Morgan fingerprint density at radius 2 is 2.06 bits per heavy atom. The number of ether oxygens (including phenoxy) is 1. The van der Waals surface area contributed by atoms with Crippen molar-refractivity contribution in [3.05, 3.63) is 47.4 Å². The average Bonchev–Trinajstić information content (AvgIpc) is 3.07. The van der Waals surface area contributed by atoms with Crippen LogP contribution in [0.3, 0.4) is 0 Å². The van der Waals surface area contributed by atoms with Crippen molar-refractivity contribution in [3.63, 3.8) is 0 Å². The molecule has 1 amide bonds. The number of amides is 1. The van der Waals surface area contributed by atoms with Crippen molar-refractivity contribution in [1.29, 1.82) is 5.41 Å². The van der Waals surface area contributed by atoms with E-state index in [1.807, 2.05) is 6.92 Å². The van der Waals surface area contributed by atoms with Crippen molar-refractivity contribution in [2.75, 3.05) is 5.43 Å². The Kier molecular flexibility index (Phi) is 7.06. The fraction of sp³-hybridized carbons (Fsp3) is 0.381. The molecule has 1 fully saturated rings. The van der Waals surface area contributed by atoms with E-state index >= 15 is 0 Å². The standard InChI is InChI=1S/C21H23F3N6O2/c1-12-9-16(17(10-12)32-18-6-4-14(11-26-18)21(22,23)24)29-20(31)19-15(30-27-8-7-25)5-3-13(2)28-19/h3-8,11-12,16-17,25,30H,9-10H2,1-2H3,(H,29,31)/b25-7?,27-8-. The number of nitrogens with zero attached hydrogens (tertiary/aromatic N) is 3. The number of alkyl halides is 3. The summed E-state index contributed by atoms with van der Waals surface area (Å²) in [4.78, 5) is 21.0. The van der Waals surface area contributed by atoms with E-state index in [9.17, 15) is 18.0 Å². The molecule has 11 heteroatoms. The fourth-order valence-electron chi connectivity index (χ4n) is 3.50. The minimum atomic E-state index is -4.47. The van der Waals surface area contributed by atoms with Crippen LogP contribution >= 0.6 is 0 Å². The molecule has 0 aliphatic heterocycles. The highest BCUT2D eigenvalue weighted by Gasteiger charge is 2.36. The lowest BCUT2D eigenvalue weighted by atomic mass is 10.1. The molecule has 32 heavy (non-hydrogen) atoms. The normalized spacial score (nSPS) is 20.8. The van der Waals surface area contributed by atoms with Crippen molar-refractivity contribution in [1.82, 2.24) is 15.3 Å². The monoisotopic (exact) mass is 448 g/mol. The second-order valence-electron chi connectivity index (χ2n) is 7.60. The zero-order valence-corrected chi connectivity index (χ0v) is 17.5. The predicted octanol–water partition coefficient (Wildman–Crippen LogP) is 3.83. The summed E-state index contributed by atoms with van der Waals surface area (Å²) in [5.74, 6) is -0.136. The van der Waals surface area contributed by atoms with Gasteiger partial charge in [-0.2, -0.15) is 18.3 Å². The third kappa shape index (κ3) is 5.80. The summed E-state index contributed by atoms with van der Waals surface area (Å²) in [7, 11) is 0. The Balaban J connectivity index is 1.73. The number of pyridine rings is 2. The van der Waals surface area contributed by atoms with Crippen LogP contribution in [-0.2, 0) is 6.18 Å². The maximum Gasteiger partial charge on any atom is 0.417 e. The van der Waals surface area contributed by atoms with Crippen molar-refractivity contribution in [3.8, 4) is 5.88 Å². The lowest BCUT2D eigenvalue weighted by Crippen LogP contribution is -2.43. The Labute approximate surface area is 182 Å². The van der Waals surface area contributed by atoms with Crippen LogP contribution in [0.4, 0.5) is 18.9 Å². The first kappa shape index (κ1) is 23.2. The Morgan fingerprint density at radius 1 is 1.28 bits per heavy atom. The number of hydrogen-bond acceptors (Lipinski definition) is 7. The van der Waals surface area contributed by atoms with Gasteiger partial charge in [-0.25, -0.2) is 9.97 Å². The molecule has 3 N–H and O–H groups in total. The molecule has 0 spiro atoms. The first-order valence-corrected chi connectivity index (χ1v) is 9.94. The quantitative estimate of drug-likeness (QED) is 0.440. The minimum absolute atomic E-state index is 0.0633. The third-order valence-electron chi connectivity index (χ3n) is 4.98. The van der Waals surface area contributed by atoms with Gasteiger partial charge < -0.3 is 15.5 Å². The molecule has 2 heterocycles. The van der Waals surface area contributed by atoms with Crippen LogP contribution in [-0.4, -0.2) is 40.5 Å². The maximum absolute atomic E-state index is 13.0. The summed E-state index contributed by atoms with van der Waals surface area (Å²) in [6.45, 7) is 3.76. The average molecular weight is 448 g/mol. The SMILES string of the molecule is Cc1ccc(N/N=C\C=N)c(C(=O)NC2CC(C)CC2Oc2ccc(C(F)(F)F)cn2)n1. The number of hydrogen-bond donors (Lipinski definition) is 3. The molecule has 1 aliphatic rings. The van der Waals surface area contributed by atoms with Crippen molar-refractivity contribution >= 4 is 24.0 Å². The highest BCUT2D eigenvalue weighted by Crippen LogP contribution is 2.32. The van der Waals surface area contributed by atoms with Gasteiger partial charge in [0.25, 0.3) is 5.91 Å². The Bertz CT molecular complexity index is 994. The smallest absolute Gasteiger partial charge is 0.417 e. The molecule has 3 rings (SSSR count). The van der Waals surface area contributed by atoms with E-state index in [1.165, 1.54) is 12.3 Å². The van der Waals surface area contributed by atoms with Gasteiger partial charge in [-0.3, -0.25) is 10.2 Å². The lowest BCUT2D eigenvalue weighted by Gasteiger charge is -2.22. The van der Waals surface area contributed by atoms with Gasteiger partial charge in [-0.1, -0.05) is 6.92 Å². The molecule has 1 saturated carbocycles. The van der Waals surface area contributed by atoms with Gasteiger partial charge in [0.15, 0.2) is 5.69 Å². The van der Waals surface area contributed by atoms with Gasteiger partial charge in [0, 0.05) is 24.2 Å². The van der Waals surface area contributed by atoms with Gasteiger partial charge in [-0.05, 0) is 43.9 Å². The second kappa shape index (κ2) is 9.75. The summed E-state index contributed by atoms with van der Waals surface area (Å²) in [6.07, 6.45) is -0.729. The molecule has 3 unspecified atom stereocenters. The van der Waals surface area contributed by atoms with E-state index in [0.717, 1.165) is 18.5 Å². The molecule has 2 aromatic heterocycles. The minimum Gasteiger partial charge on any atom is -0.472 e. The van der Waals surface area contributed by atoms with E-state index in [1.54, 1.807) is 19.1 Å². The fourth-order valence-corrected chi connectivity index (χ4v) is 3.50. The molecule has 8 nitrogen and oxygen atoms in total. The van der Waals surface area contributed by atoms with Gasteiger partial charge in [0.1, 0.15) is 6.10 Å². The molecule has 0 bridgehead atoms. The van der Waals surface area contributed by atoms with Gasteiger partial charge in [-0.15, -0.1) is 0 Å². The summed E-state index contributed by atoms with van der Waals surface area (Å²) in [6, 6.07) is 5.10. The molecule has 0 aromatic carbocycles. The Hall–Kier alpha value is -3.50. The zero-order valence-electron chi connectivity index (χ0n) is 17.5. The second-order valence-corrected chi connectivity index (χ2v) is 7.60. The first-order valence-electron chi connectivity index (χ1n) is 9.94. The number of nitrogens with one attached hydrogen (secondary N) is 3. The summed E-state index contributed by atoms with van der Waals surface area (Å²) < 4.78 is 44.0. The van der Waals surface area contributed by atoms with Crippen LogP contribution in [0.2, 0.25) is 0 Å². The highest BCUT2D eigenvalue weighted by molar-refractivity contribution is 6.14. The maximum atomic E-state index is 13.0. The topological polar surface area (TPSA) is 112 Å². The number of halogens is 3. The molecule has 0 saturated heterocycles. The van der Waals surface area contributed by atoms with E-state index in [0.29, 0.717) is 24.2 Å². The van der Waals surface area contributed by atoms with Gasteiger partial charge in [0.2, 0.25) is 5.88 Å². The number of carbonyl (C=O) groups excluding carboxylic acids is 1. The van der Waals surface area contributed by atoms with E-state index < -0.39 is 23.8 Å². The first-order chi connectivity index (χ1) is 15.2. The van der Waals surface area contributed by atoms with E-state index in [-0.39, 0.29) is 23.5 Å². The van der Waals surface area contributed by atoms with Crippen molar-refractivity contribution < 1.29 is 22.7 Å². The van der Waals surface area contributed by atoms with Gasteiger partial charge in [0.05, 0.1) is 23.5 Å². The van der Waals surface area contributed by atoms with Crippen LogP contribution in [0.5, 0.6) is 5.88 Å². The number of hydrazone groups is 1. The molecule has 0 radical (unpaired) electrons. The third-order valence-corrected chi connectivity index (χ3v) is 4.98. The van der Waals surface area contributed by atoms with E-state index in [2.05, 4.69) is 25.8 Å². The lowest BCUT2D eigenvalue weighted by molar-refractivity contribution is -0.137. The van der Waals surface area contributed by atoms with Crippen LogP contribution in [0.1, 0.15) is 41.5 Å². The number of aryl methyl sites for hydroxylation is 1. The summed E-state index contributed by atoms with van der Waals surface area (Å²) in [5, 5.41) is 13.7. The Morgan fingerprint density at radius 3 is 2.72 bits per heavy atom. The van der Waals surface area contributed by atoms with Crippen LogP contribution < -0.4 is 15.5 Å². The summed E-state index contributed by atoms with van der Waals surface area (Å²) >= 11 is 0. The predicted molar refractivity (Wildman–Crippen MR) is 113 cm³/mol.